The summed E-state index contributed by atoms with van der Waals surface area (Å²) in [5.74, 6) is -0.704. The van der Waals surface area contributed by atoms with E-state index in [-0.39, 0.29) is 18.8 Å². The minimum atomic E-state index is -4.55. The van der Waals surface area contributed by atoms with Gasteiger partial charge in [0.25, 0.3) is 5.91 Å². The first-order chi connectivity index (χ1) is 14.2. The van der Waals surface area contributed by atoms with Crippen LogP contribution in [0.1, 0.15) is 28.4 Å². The number of carbonyl (C=O) groups excluding carboxylic acids is 2. The summed E-state index contributed by atoms with van der Waals surface area (Å²) >= 11 is 0. The van der Waals surface area contributed by atoms with Gasteiger partial charge in [-0.3, -0.25) is 4.79 Å². The minimum Gasteiger partial charge on any atom is -0.493 e. The van der Waals surface area contributed by atoms with Gasteiger partial charge in [-0.25, -0.2) is 10.2 Å². The molecule has 0 saturated heterocycles. The number of alkyl halides is 3. The van der Waals surface area contributed by atoms with Crippen LogP contribution in [-0.2, 0) is 15.7 Å². The average Bonchev–Trinajstić information content (AvgIpc) is 2.72. The lowest BCUT2D eigenvalue weighted by Gasteiger charge is -2.10. The summed E-state index contributed by atoms with van der Waals surface area (Å²) in [5, 5.41) is 3.74. The number of carbonyl (C=O) groups is 2. The molecule has 160 valence electrons. The van der Waals surface area contributed by atoms with Crippen LogP contribution in [0.2, 0.25) is 0 Å². The van der Waals surface area contributed by atoms with Crippen LogP contribution in [0.4, 0.5) is 13.2 Å². The van der Waals surface area contributed by atoms with Gasteiger partial charge in [-0.2, -0.15) is 18.3 Å². The van der Waals surface area contributed by atoms with Crippen molar-refractivity contribution in [1.82, 2.24) is 5.43 Å². The topological polar surface area (TPSA) is 86.2 Å². The highest BCUT2D eigenvalue weighted by Gasteiger charge is 2.30. The number of esters is 1. The fourth-order valence-corrected chi connectivity index (χ4v) is 2.29. The van der Waals surface area contributed by atoms with Crippen molar-refractivity contribution in [2.75, 3.05) is 20.3 Å². The number of hydrazone groups is 1. The Balaban J connectivity index is 2.02. The van der Waals surface area contributed by atoms with E-state index >= 15 is 0 Å². The Kier molecular flexibility index (Phi) is 7.79. The lowest BCUT2D eigenvalue weighted by atomic mass is 10.1. The van der Waals surface area contributed by atoms with Gasteiger partial charge >= 0.3 is 12.1 Å². The molecule has 2 aromatic carbocycles. The molecular formula is C20H19F3N2O5. The molecule has 1 amide bonds. The molecule has 1 N–H and O–H groups in total. The number of hydrogen-bond donors (Lipinski definition) is 1. The van der Waals surface area contributed by atoms with Crippen molar-refractivity contribution in [1.29, 1.82) is 0 Å². The van der Waals surface area contributed by atoms with E-state index in [0.717, 1.165) is 18.2 Å². The van der Waals surface area contributed by atoms with E-state index in [1.54, 1.807) is 19.1 Å². The van der Waals surface area contributed by atoms with Crippen LogP contribution in [0.15, 0.2) is 47.6 Å². The maximum absolute atomic E-state index is 12.7. The van der Waals surface area contributed by atoms with Crippen LogP contribution in [0.25, 0.3) is 0 Å². The second-order valence-electron chi connectivity index (χ2n) is 5.78. The van der Waals surface area contributed by atoms with Gasteiger partial charge in [0.1, 0.15) is 0 Å². The van der Waals surface area contributed by atoms with Crippen LogP contribution < -0.4 is 14.9 Å². The number of rotatable bonds is 8. The van der Waals surface area contributed by atoms with E-state index in [9.17, 15) is 22.8 Å². The zero-order valence-corrected chi connectivity index (χ0v) is 16.2. The third-order valence-electron chi connectivity index (χ3n) is 3.67. The molecule has 2 rings (SSSR count). The third-order valence-corrected chi connectivity index (χ3v) is 3.67. The Morgan fingerprint density at radius 2 is 1.90 bits per heavy atom. The summed E-state index contributed by atoms with van der Waals surface area (Å²) in [6.45, 7) is 1.63. The molecule has 0 fully saturated rings. The first-order valence-corrected chi connectivity index (χ1v) is 8.71. The van der Waals surface area contributed by atoms with E-state index in [2.05, 4.69) is 10.5 Å². The number of benzene rings is 2. The first-order valence-electron chi connectivity index (χ1n) is 8.71. The Morgan fingerprint density at radius 1 is 1.13 bits per heavy atom. The summed E-state index contributed by atoms with van der Waals surface area (Å²) in [6, 6.07) is 8.67. The maximum Gasteiger partial charge on any atom is 0.416 e. The fraction of sp³-hybridized carbons (Fsp3) is 0.250. The highest BCUT2D eigenvalue weighted by Crippen LogP contribution is 2.29. The number of hydrogen-bond acceptors (Lipinski definition) is 6. The highest BCUT2D eigenvalue weighted by molar-refractivity contribution is 5.95. The predicted octanol–water partition coefficient (Wildman–Crippen LogP) is 3.42. The zero-order valence-electron chi connectivity index (χ0n) is 16.2. The van der Waals surface area contributed by atoms with Crippen LogP contribution >= 0.6 is 0 Å². The van der Waals surface area contributed by atoms with E-state index < -0.39 is 23.6 Å². The number of ether oxygens (including phenoxy) is 3. The van der Waals surface area contributed by atoms with Gasteiger partial charge < -0.3 is 14.2 Å². The van der Waals surface area contributed by atoms with Gasteiger partial charge in [0.05, 0.1) is 25.5 Å². The smallest absolute Gasteiger partial charge is 0.416 e. The maximum atomic E-state index is 12.7. The molecule has 0 saturated carbocycles. The Bertz CT molecular complexity index is 929. The summed E-state index contributed by atoms with van der Waals surface area (Å²) in [6.07, 6.45) is -3.27. The van der Waals surface area contributed by atoms with Crippen molar-refractivity contribution >= 4 is 18.1 Å². The molecule has 0 heterocycles. The molecule has 0 radical (unpaired) electrons. The van der Waals surface area contributed by atoms with E-state index in [4.69, 9.17) is 14.2 Å². The molecule has 0 aliphatic heterocycles. The molecule has 0 aromatic heterocycles. The van der Waals surface area contributed by atoms with Crippen molar-refractivity contribution in [3.8, 4) is 11.5 Å². The Labute approximate surface area is 170 Å². The number of nitrogens with zero attached hydrogens (tertiary/aromatic N) is 1. The summed E-state index contributed by atoms with van der Waals surface area (Å²) in [4.78, 5) is 23.4. The van der Waals surface area contributed by atoms with Crippen molar-refractivity contribution in [2.24, 2.45) is 5.10 Å². The average molecular weight is 424 g/mol. The third kappa shape index (κ3) is 6.50. The molecular weight excluding hydrogens is 405 g/mol. The molecule has 0 spiro atoms. The number of halogens is 3. The van der Waals surface area contributed by atoms with Gasteiger partial charge in [0.2, 0.25) is 0 Å². The van der Waals surface area contributed by atoms with Gasteiger partial charge in [-0.1, -0.05) is 6.07 Å². The standard InChI is InChI=1S/C20H19F3N2O5/c1-3-29-18(26)12-30-16-8-7-13(9-17(16)28-2)11-24-25-19(27)14-5-4-6-15(10-14)20(21,22)23/h4-11H,3,12H2,1-2H3,(H,25,27)/b24-11-. The largest absolute Gasteiger partial charge is 0.493 e. The van der Waals surface area contributed by atoms with Gasteiger partial charge in [0, 0.05) is 5.56 Å². The normalized spacial score (nSPS) is 11.2. The van der Waals surface area contributed by atoms with Crippen molar-refractivity contribution in [3.63, 3.8) is 0 Å². The molecule has 2 aromatic rings. The van der Waals surface area contributed by atoms with Crippen LogP contribution in [0.3, 0.4) is 0 Å². The molecule has 0 atom stereocenters. The van der Waals surface area contributed by atoms with Crippen LogP contribution in [0, 0.1) is 0 Å². The van der Waals surface area contributed by atoms with Crippen LogP contribution in [-0.4, -0.2) is 38.4 Å². The lowest BCUT2D eigenvalue weighted by Crippen LogP contribution is -2.18. The number of nitrogens with one attached hydrogen (secondary N) is 1. The highest BCUT2D eigenvalue weighted by atomic mass is 19.4. The SMILES string of the molecule is CCOC(=O)COc1ccc(/C=N\NC(=O)c2cccc(C(F)(F)F)c2)cc1OC. The van der Waals surface area contributed by atoms with E-state index in [0.29, 0.717) is 17.1 Å². The molecule has 0 unspecified atom stereocenters. The second-order valence-corrected chi connectivity index (χ2v) is 5.78. The molecule has 7 nitrogen and oxygen atoms in total. The van der Waals surface area contributed by atoms with Crippen LogP contribution in [0.5, 0.6) is 11.5 Å². The predicted molar refractivity (Wildman–Crippen MR) is 102 cm³/mol. The number of amides is 1. The van der Waals surface area contributed by atoms with Crippen molar-refractivity contribution in [2.45, 2.75) is 13.1 Å². The van der Waals surface area contributed by atoms with Gasteiger partial charge in [0.15, 0.2) is 18.1 Å². The Hall–Kier alpha value is -3.56. The van der Waals surface area contributed by atoms with Crippen molar-refractivity contribution in [3.05, 3.63) is 59.2 Å². The summed E-state index contributed by atoms with van der Waals surface area (Å²) < 4.78 is 53.5. The monoisotopic (exact) mass is 424 g/mol. The molecule has 30 heavy (non-hydrogen) atoms. The summed E-state index contributed by atoms with van der Waals surface area (Å²) in [7, 11) is 1.41. The molecule has 0 aliphatic carbocycles. The van der Waals surface area contributed by atoms with E-state index in [1.807, 2.05) is 0 Å². The molecule has 10 heteroatoms. The fourth-order valence-electron chi connectivity index (χ4n) is 2.29. The molecule has 0 bridgehead atoms. The second kappa shape index (κ2) is 10.3. The van der Waals surface area contributed by atoms with E-state index in [1.165, 1.54) is 25.5 Å². The van der Waals surface area contributed by atoms with Crippen molar-refractivity contribution < 1.29 is 37.0 Å². The minimum absolute atomic E-state index is 0.178. The number of methoxy groups -OCH3 is 1. The van der Waals surface area contributed by atoms with Gasteiger partial charge in [-0.05, 0) is 48.9 Å². The first kappa shape index (κ1) is 22.7. The van der Waals surface area contributed by atoms with Gasteiger partial charge in [-0.15, -0.1) is 0 Å². The molecule has 0 aliphatic rings. The Morgan fingerprint density at radius 3 is 2.57 bits per heavy atom. The lowest BCUT2D eigenvalue weighted by molar-refractivity contribution is -0.145. The summed E-state index contributed by atoms with van der Waals surface area (Å²) in [5.41, 5.74) is 1.57. The quantitative estimate of drug-likeness (QED) is 0.399. The zero-order chi connectivity index (χ0) is 22.1.